The molecule has 0 aromatic carbocycles. The van der Waals surface area contributed by atoms with Gasteiger partial charge in [0.25, 0.3) is 0 Å². The highest BCUT2D eigenvalue weighted by Crippen LogP contribution is 2.10. The molecule has 0 fully saturated rings. The number of ether oxygens (including phenoxy) is 1. The average molecular weight is 172 g/mol. The molecule has 0 aliphatic carbocycles. The SMILES string of the molecule is C=CC(O)COC(C)(C=C)CO. The minimum absolute atomic E-state index is 0.118. The van der Waals surface area contributed by atoms with Gasteiger partial charge in [0.05, 0.1) is 19.3 Å². The normalized spacial score (nSPS) is 17.9. The quantitative estimate of drug-likeness (QED) is 0.573. The summed E-state index contributed by atoms with van der Waals surface area (Å²) in [6.07, 6.45) is 2.18. The second-order valence-electron chi connectivity index (χ2n) is 2.79. The van der Waals surface area contributed by atoms with Crippen LogP contribution >= 0.6 is 0 Å². The minimum Gasteiger partial charge on any atom is -0.393 e. The van der Waals surface area contributed by atoms with Gasteiger partial charge in [0.1, 0.15) is 5.60 Å². The maximum Gasteiger partial charge on any atom is 0.106 e. The van der Waals surface area contributed by atoms with E-state index in [1.165, 1.54) is 12.2 Å². The first kappa shape index (κ1) is 11.4. The van der Waals surface area contributed by atoms with E-state index in [-0.39, 0.29) is 13.2 Å². The van der Waals surface area contributed by atoms with Crippen molar-refractivity contribution in [2.75, 3.05) is 13.2 Å². The molecule has 12 heavy (non-hydrogen) atoms. The Morgan fingerprint density at radius 3 is 2.50 bits per heavy atom. The molecule has 0 saturated carbocycles. The lowest BCUT2D eigenvalue weighted by molar-refractivity contribution is -0.0573. The van der Waals surface area contributed by atoms with Crippen LogP contribution < -0.4 is 0 Å². The third kappa shape index (κ3) is 3.67. The summed E-state index contributed by atoms with van der Waals surface area (Å²) in [4.78, 5) is 0. The Morgan fingerprint density at radius 2 is 2.17 bits per heavy atom. The highest BCUT2D eigenvalue weighted by molar-refractivity contribution is 4.94. The van der Waals surface area contributed by atoms with Gasteiger partial charge in [-0.15, -0.1) is 13.2 Å². The smallest absolute Gasteiger partial charge is 0.106 e. The van der Waals surface area contributed by atoms with Crippen LogP contribution in [0.2, 0.25) is 0 Å². The van der Waals surface area contributed by atoms with Crippen molar-refractivity contribution >= 4 is 0 Å². The lowest BCUT2D eigenvalue weighted by atomic mass is 10.1. The van der Waals surface area contributed by atoms with E-state index in [4.69, 9.17) is 14.9 Å². The standard InChI is InChI=1S/C9H16O3/c1-4-8(11)6-12-9(3,5-2)7-10/h4-5,8,10-11H,1-2,6-7H2,3H3. The van der Waals surface area contributed by atoms with Crippen molar-refractivity contribution in [1.82, 2.24) is 0 Å². The number of hydrogen-bond acceptors (Lipinski definition) is 3. The Labute approximate surface area is 73.0 Å². The molecular weight excluding hydrogens is 156 g/mol. The lowest BCUT2D eigenvalue weighted by Crippen LogP contribution is -2.33. The molecule has 0 aromatic rings. The molecule has 3 heteroatoms. The fourth-order valence-electron chi connectivity index (χ4n) is 0.513. The molecule has 0 aromatic heterocycles. The first-order valence-corrected chi connectivity index (χ1v) is 3.77. The second kappa shape index (κ2) is 5.09. The molecule has 0 bridgehead atoms. The van der Waals surface area contributed by atoms with Gasteiger partial charge in [0, 0.05) is 0 Å². The van der Waals surface area contributed by atoms with Crippen molar-refractivity contribution in [1.29, 1.82) is 0 Å². The van der Waals surface area contributed by atoms with E-state index >= 15 is 0 Å². The van der Waals surface area contributed by atoms with Gasteiger partial charge in [-0.05, 0) is 6.92 Å². The van der Waals surface area contributed by atoms with Gasteiger partial charge < -0.3 is 14.9 Å². The molecule has 0 aliphatic heterocycles. The van der Waals surface area contributed by atoms with Crippen LogP contribution in [0.15, 0.2) is 25.3 Å². The number of aliphatic hydroxyl groups is 2. The summed E-state index contributed by atoms with van der Waals surface area (Å²) in [6.45, 7) is 8.57. The van der Waals surface area contributed by atoms with Crippen LogP contribution in [0, 0.1) is 0 Å². The Hall–Kier alpha value is -0.640. The van der Waals surface area contributed by atoms with E-state index in [1.807, 2.05) is 0 Å². The first-order valence-electron chi connectivity index (χ1n) is 3.77. The van der Waals surface area contributed by atoms with Gasteiger partial charge in [-0.2, -0.15) is 0 Å². The second-order valence-corrected chi connectivity index (χ2v) is 2.79. The van der Waals surface area contributed by atoms with Crippen LogP contribution in [0.1, 0.15) is 6.92 Å². The maximum absolute atomic E-state index is 9.05. The molecule has 0 heterocycles. The molecule has 2 N–H and O–H groups in total. The summed E-state index contributed by atoms with van der Waals surface area (Å²) in [7, 11) is 0. The Kier molecular flexibility index (Phi) is 4.81. The number of rotatable bonds is 6. The van der Waals surface area contributed by atoms with E-state index in [1.54, 1.807) is 6.92 Å². The van der Waals surface area contributed by atoms with Crippen LogP contribution in [-0.4, -0.2) is 35.1 Å². The summed E-state index contributed by atoms with van der Waals surface area (Å²) < 4.78 is 5.19. The third-order valence-electron chi connectivity index (χ3n) is 1.60. The molecule has 2 atom stereocenters. The first-order chi connectivity index (χ1) is 5.58. The average Bonchev–Trinajstić information content (AvgIpc) is 2.13. The fourth-order valence-corrected chi connectivity index (χ4v) is 0.513. The number of hydrogen-bond donors (Lipinski definition) is 2. The third-order valence-corrected chi connectivity index (χ3v) is 1.60. The largest absolute Gasteiger partial charge is 0.393 e. The van der Waals surface area contributed by atoms with Gasteiger partial charge in [-0.25, -0.2) is 0 Å². The van der Waals surface area contributed by atoms with Crippen LogP contribution in [0.5, 0.6) is 0 Å². The Balaban J connectivity index is 3.87. The van der Waals surface area contributed by atoms with Crippen molar-refractivity contribution in [3.8, 4) is 0 Å². The van der Waals surface area contributed by atoms with Crippen molar-refractivity contribution in [3.63, 3.8) is 0 Å². The van der Waals surface area contributed by atoms with E-state index < -0.39 is 11.7 Å². The molecular formula is C9H16O3. The molecule has 0 aliphatic rings. The Morgan fingerprint density at radius 1 is 1.58 bits per heavy atom. The highest BCUT2D eigenvalue weighted by Gasteiger charge is 2.20. The highest BCUT2D eigenvalue weighted by atomic mass is 16.5. The molecule has 0 radical (unpaired) electrons. The summed E-state index contributed by atoms with van der Waals surface area (Å²) >= 11 is 0. The van der Waals surface area contributed by atoms with Gasteiger partial charge in [-0.1, -0.05) is 12.2 Å². The van der Waals surface area contributed by atoms with Crippen LogP contribution in [0.3, 0.4) is 0 Å². The van der Waals surface area contributed by atoms with Crippen LogP contribution in [-0.2, 0) is 4.74 Å². The van der Waals surface area contributed by atoms with Crippen molar-refractivity contribution in [3.05, 3.63) is 25.3 Å². The van der Waals surface area contributed by atoms with Crippen LogP contribution in [0.4, 0.5) is 0 Å². The zero-order chi connectivity index (χ0) is 9.61. The van der Waals surface area contributed by atoms with Crippen molar-refractivity contribution in [2.24, 2.45) is 0 Å². The summed E-state index contributed by atoms with van der Waals surface area (Å²) in [6, 6.07) is 0. The summed E-state index contributed by atoms with van der Waals surface area (Å²) in [5.41, 5.74) is -0.774. The van der Waals surface area contributed by atoms with Crippen LogP contribution in [0.25, 0.3) is 0 Å². The summed E-state index contributed by atoms with van der Waals surface area (Å²) in [5, 5.41) is 17.9. The molecule has 70 valence electrons. The summed E-state index contributed by atoms with van der Waals surface area (Å²) in [5.74, 6) is 0. The van der Waals surface area contributed by atoms with Gasteiger partial charge in [0.2, 0.25) is 0 Å². The van der Waals surface area contributed by atoms with E-state index in [2.05, 4.69) is 13.2 Å². The van der Waals surface area contributed by atoms with E-state index in [0.717, 1.165) is 0 Å². The van der Waals surface area contributed by atoms with Crippen molar-refractivity contribution in [2.45, 2.75) is 18.6 Å². The topological polar surface area (TPSA) is 49.7 Å². The monoisotopic (exact) mass is 172 g/mol. The predicted molar refractivity (Wildman–Crippen MR) is 47.8 cm³/mol. The van der Waals surface area contributed by atoms with E-state index in [0.29, 0.717) is 0 Å². The van der Waals surface area contributed by atoms with Gasteiger partial charge >= 0.3 is 0 Å². The minimum atomic E-state index is -0.774. The lowest BCUT2D eigenvalue weighted by Gasteiger charge is -2.24. The molecule has 0 spiro atoms. The maximum atomic E-state index is 9.05. The predicted octanol–water partition coefficient (Wildman–Crippen LogP) is 0.487. The molecule has 2 unspecified atom stereocenters. The van der Waals surface area contributed by atoms with Crippen molar-refractivity contribution < 1.29 is 14.9 Å². The molecule has 0 saturated heterocycles. The number of aliphatic hydroxyl groups excluding tert-OH is 2. The zero-order valence-corrected chi connectivity index (χ0v) is 7.36. The zero-order valence-electron chi connectivity index (χ0n) is 7.36. The van der Waals surface area contributed by atoms with E-state index in [9.17, 15) is 0 Å². The molecule has 0 rings (SSSR count). The van der Waals surface area contributed by atoms with Gasteiger partial charge in [-0.3, -0.25) is 0 Å². The Bertz CT molecular complexity index is 156. The fraction of sp³-hybridized carbons (Fsp3) is 0.556. The molecule has 0 amide bonds. The molecule has 3 nitrogen and oxygen atoms in total. The van der Waals surface area contributed by atoms with Gasteiger partial charge in [0.15, 0.2) is 0 Å².